The summed E-state index contributed by atoms with van der Waals surface area (Å²) < 4.78 is 11.7. The van der Waals surface area contributed by atoms with Gasteiger partial charge in [0.05, 0.1) is 22.6 Å². The van der Waals surface area contributed by atoms with Crippen LogP contribution in [0.2, 0.25) is 5.02 Å². The van der Waals surface area contributed by atoms with Crippen molar-refractivity contribution in [2.45, 2.75) is 46.1 Å². The van der Waals surface area contributed by atoms with Gasteiger partial charge in [0, 0.05) is 6.54 Å². The lowest BCUT2D eigenvalue weighted by Crippen LogP contribution is -2.29. The van der Waals surface area contributed by atoms with Crippen LogP contribution in [0.5, 0.6) is 11.5 Å². The maximum atomic E-state index is 12.8. The highest BCUT2D eigenvalue weighted by molar-refractivity contribution is 8.18. The first-order valence-electron chi connectivity index (χ1n) is 10.8. The summed E-state index contributed by atoms with van der Waals surface area (Å²) in [4.78, 5) is 27.0. The largest absolute Gasteiger partial charge is 0.490 e. The third-order valence-electron chi connectivity index (χ3n) is 5.09. The fourth-order valence-electron chi connectivity index (χ4n) is 3.26. The van der Waals surface area contributed by atoms with Gasteiger partial charge in [-0.1, -0.05) is 48.9 Å². The lowest BCUT2D eigenvalue weighted by atomic mass is 10.1. The molecule has 0 bridgehead atoms. The van der Waals surface area contributed by atoms with Crippen molar-refractivity contribution >= 4 is 40.6 Å². The molecule has 2 amide bonds. The number of carbonyl (C=O) groups is 2. The van der Waals surface area contributed by atoms with Gasteiger partial charge in [-0.05, 0) is 74.2 Å². The number of ether oxygens (including phenoxy) is 2. The normalized spacial score (nSPS) is 16.0. The Morgan fingerprint density at radius 3 is 2.59 bits per heavy atom. The molecule has 3 rings (SSSR count). The van der Waals surface area contributed by atoms with E-state index in [2.05, 4.69) is 0 Å². The smallest absolute Gasteiger partial charge is 0.293 e. The number of benzene rings is 2. The lowest BCUT2D eigenvalue weighted by Gasteiger charge is -2.18. The second kappa shape index (κ2) is 11.4. The number of hydrogen-bond donors (Lipinski definition) is 0. The van der Waals surface area contributed by atoms with Crippen LogP contribution in [-0.4, -0.2) is 35.3 Å². The van der Waals surface area contributed by atoms with E-state index in [0.29, 0.717) is 40.1 Å². The maximum absolute atomic E-state index is 12.8. The Bertz CT molecular complexity index is 993. The molecule has 1 atom stereocenters. The van der Waals surface area contributed by atoms with E-state index in [-0.39, 0.29) is 17.3 Å². The Kier molecular flexibility index (Phi) is 8.65. The molecule has 1 aliphatic heterocycles. The number of aryl methyl sites for hydroxylation is 1. The van der Waals surface area contributed by atoms with E-state index in [1.54, 1.807) is 18.2 Å². The van der Waals surface area contributed by atoms with Crippen molar-refractivity contribution in [3.05, 3.63) is 63.5 Å². The summed E-state index contributed by atoms with van der Waals surface area (Å²) >= 11 is 7.42. The van der Waals surface area contributed by atoms with Crippen molar-refractivity contribution in [2.75, 3.05) is 13.2 Å². The Hall–Kier alpha value is -2.44. The van der Waals surface area contributed by atoms with Gasteiger partial charge in [0.15, 0.2) is 11.5 Å². The van der Waals surface area contributed by atoms with Crippen LogP contribution in [0.3, 0.4) is 0 Å². The number of hydrogen-bond acceptors (Lipinski definition) is 5. The van der Waals surface area contributed by atoms with Gasteiger partial charge < -0.3 is 9.47 Å². The first-order valence-corrected chi connectivity index (χ1v) is 12.0. The number of carbonyl (C=O) groups excluding carboxylic acids is 2. The van der Waals surface area contributed by atoms with Gasteiger partial charge >= 0.3 is 0 Å². The van der Waals surface area contributed by atoms with Crippen LogP contribution in [0.4, 0.5) is 4.79 Å². The van der Waals surface area contributed by atoms with E-state index in [4.69, 9.17) is 21.1 Å². The number of imide groups is 1. The van der Waals surface area contributed by atoms with Crippen molar-refractivity contribution < 1.29 is 19.1 Å². The van der Waals surface area contributed by atoms with Crippen molar-refractivity contribution in [3.8, 4) is 11.5 Å². The second-order valence-corrected chi connectivity index (χ2v) is 8.92. The van der Waals surface area contributed by atoms with E-state index in [9.17, 15) is 9.59 Å². The van der Waals surface area contributed by atoms with E-state index >= 15 is 0 Å². The molecule has 0 aromatic heterocycles. The summed E-state index contributed by atoms with van der Waals surface area (Å²) in [7, 11) is 0. The highest BCUT2D eigenvalue weighted by Crippen LogP contribution is 2.39. The molecule has 0 saturated carbocycles. The van der Waals surface area contributed by atoms with E-state index in [0.717, 1.165) is 31.0 Å². The van der Waals surface area contributed by atoms with Crippen LogP contribution >= 0.6 is 23.4 Å². The molecule has 0 spiro atoms. The molecule has 2 aromatic carbocycles. The molecule has 7 heteroatoms. The van der Waals surface area contributed by atoms with Crippen LogP contribution in [-0.2, 0) is 11.2 Å². The van der Waals surface area contributed by atoms with Crippen LogP contribution in [0.25, 0.3) is 6.08 Å². The van der Waals surface area contributed by atoms with Crippen LogP contribution in [0.1, 0.15) is 44.7 Å². The molecule has 5 nitrogen and oxygen atoms in total. The standard InChI is InChI=1S/C25H28ClNO4S/c1-4-17(3)31-23-20(26)14-19(15-21(23)30-5-2)16-22-24(28)27(25(29)32-22)13-9-12-18-10-7-6-8-11-18/h6-8,10-11,14-17H,4-5,9,12-13H2,1-3H3/b22-16+/t17-/m0/s1. The third kappa shape index (κ3) is 6.08. The fourth-order valence-corrected chi connectivity index (χ4v) is 4.39. The second-order valence-electron chi connectivity index (χ2n) is 7.52. The molecular weight excluding hydrogens is 446 g/mol. The molecule has 32 heavy (non-hydrogen) atoms. The van der Waals surface area contributed by atoms with Crippen molar-refractivity contribution in [3.63, 3.8) is 0 Å². The molecule has 0 aliphatic carbocycles. The number of rotatable bonds is 10. The predicted octanol–water partition coefficient (Wildman–Crippen LogP) is 6.59. The van der Waals surface area contributed by atoms with E-state index in [1.165, 1.54) is 10.5 Å². The average Bonchev–Trinajstić information content (AvgIpc) is 3.04. The number of halogens is 1. The molecule has 1 fully saturated rings. The number of thioether (sulfide) groups is 1. The molecule has 170 valence electrons. The molecule has 0 radical (unpaired) electrons. The van der Waals surface area contributed by atoms with Gasteiger partial charge in [0.1, 0.15) is 0 Å². The van der Waals surface area contributed by atoms with Crippen LogP contribution in [0.15, 0.2) is 47.4 Å². The zero-order valence-electron chi connectivity index (χ0n) is 18.6. The molecule has 1 aliphatic rings. The Morgan fingerprint density at radius 1 is 1.16 bits per heavy atom. The monoisotopic (exact) mass is 473 g/mol. The highest BCUT2D eigenvalue weighted by Gasteiger charge is 2.34. The van der Waals surface area contributed by atoms with Crippen molar-refractivity contribution in [2.24, 2.45) is 0 Å². The van der Waals surface area contributed by atoms with Crippen molar-refractivity contribution in [1.82, 2.24) is 4.90 Å². The molecule has 0 unspecified atom stereocenters. The molecule has 1 heterocycles. The molecule has 2 aromatic rings. The molecule has 1 saturated heterocycles. The number of nitrogens with zero attached hydrogens (tertiary/aromatic N) is 1. The third-order valence-corrected chi connectivity index (χ3v) is 6.28. The molecule has 0 N–H and O–H groups in total. The van der Waals surface area contributed by atoms with Crippen molar-refractivity contribution in [1.29, 1.82) is 0 Å². The van der Waals surface area contributed by atoms with Gasteiger partial charge in [0.2, 0.25) is 0 Å². The quantitative estimate of drug-likeness (QED) is 0.364. The van der Waals surface area contributed by atoms with Gasteiger partial charge in [-0.15, -0.1) is 0 Å². The summed E-state index contributed by atoms with van der Waals surface area (Å²) in [6, 6.07) is 13.5. The first-order chi connectivity index (χ1) is 15.4. The highest BCUT2D eigenvalue weighted by atomic mass is 35.5. The van der Waals surface area contributed by atoms with Crippen LogP contribution < -0.4 is 9.47 Å². The van der Waals surface area contributed by atoms with Gasteiger partial charge in [-0.3, -0.25) is 14.5 Å². The maximum Gasteiger partial charge on any atom is 0.293 e. The van der Waals surface area contributed by atoms with Gasteiger partial charge in [-0.25, -0.2) is 0 Å². The van der Waals surface area contributed by atoms with Gasteiger partial charge in [-0.2, -0.15) is 0 Å². The average molecular weight is 474 g/mol. The Morgan fingerprint density at radius 2 is 1.91 bits per heavy atom. The first kappa shape index (κ1) is 24.2. The zero-order chi connectivity index (χ0) is 23.1. The Labute approximate surface area is 198 Å². The number of amides is 2. The summed E-state index contributed by atoms with van der Waals surface area (Å²) in [6.45, 7) is 6.73. The lowest BCUT2D eigenvalue weighted by molar-refractivity contribution is -0.122. The summed E-state index contributed by atoms with van der Waals surface area (Å²) in [6.07, 6.45) is 4.04. The summed E-state index contributed by atoms with van der Waals surface area (Å²) in [5.41, 5.74) is 1.87. The Balaban J connectivity index is 1.74. The summed E-state index contributed by atoms with van der Waals surface area (Å²) in [5, 5.41) is 0.159. The minimum Gasteiger partial charge on any atom is -0.490 e. The fraction of sp³-hybridized carbons (Fsp3) is 0.360. The molecular formula is C25H28ClNO4S. The SMILES string of the molecule is CCOc1cc(/C=C2/SC(=O)N(CCCc3ccccc3)C2=O)cc(Cl)c1O[C@@H](C)CC. The van der Waals surface area contributed by atoms with Crippen LogP contribution in [0, 0.1) is 0 Å². The zero-order valence-corrected chi connectivity index (χ0v) is 20.2. The van der Waals surface area contributed by atoms with E-state index < -0.39 is 0 Å². The topological polar surface area (TPSA) is 55.8 Å². The van der Waals surface area contributed by atoms with E-state index in [1.807, 2.05) is 51.1 Å². The van der Waals surface area contributed by atoms with Gasteiger partial charge in [0.25, 0.3) is 11.1 Å². The minimum atomic E-state index is -0.276. The minimum absolute atomic E-state index is 0.00931. The summed E-state index contributed by atoms with van der Waals surface area (Å²) in [5.74, 6) is 0.741. The predicted molar refractivity (Wildman–Crippen MR) is 130 cm³/mol.